The number of benzene rings is 2. The van der Waals surface area contributed by atoms with Crippen LogP contribution in [0.4, 0.5) is 0 Å². The highest BCUT2D eigenvalue weighted by Crippen LogP contribution is 2.39. The van der Waals surface area contributed by atoms with Crippen LogP contribution in [-0.2, 0) is 16.0 Å². The van der Waals surface area contributed by atoms with Crippen LogP contribution in [-0.4, -0.2) is 36.9 Å². The van der Waals surface area contributed by atoms with Crippen molar-refractivity contribution in [2.24, 2.45) is 11.3 Å². The van der Waals surface area contributed by atoms with E-state index in [0.717, 1.165) is 12.8 Å². The summed E-state index contributed by atoms with van der Waals surface area (Å²) in [4.78, 5) is 28.3. The molecule has 0 radical (unpaired) electrons. The van der Waals surface area contributed by atoms with Gasteiger partial charge in [-0.2, -0.15) is 0 Å². The second-order valence-electron chi connectivity index (χ2n) is 9.67. The van der Waals surface area contributed by atoms with Gasteiger partial charge in [-0.25, -0.2) is 0 Å². The molecule has 0 spiro atoms. The first-order chi connectivity index (χ1) is 15.5. The molecule has 32 heavy (non-hydrogen) atoms. The summed E-state index contributed by atoms with van der Waals surface area (Å²) in [7, 11) is 1.73. The Labute approximate surface area is 192 Å². The van der Waals surface area contributed by atoms with E-state index in [4.69, 9.17) is 0 Å². The summed E-state index contributed by atoms with van der Waals surface area (Å²) < 4.78 is 0. The topological polar surface area (TPSA) is 49.4 Å². The molecule has 4 rings (SSSR count). The van der Waals surface area contributed by atoms with Crippen LogP contribution in [0.2, 0.25) is 0 Å². The zero-order valence-electron chi connectivity index (χ0n) is 19.5. The molecule has 1 aliphatic carbocycles. The number of rotatable bonds is 5. The van der Waals surface area contributed by atoms with Gasteiger partial charge in [0.1, 0.15) is 0 Å². The summed E-state index contributed by atoms with van der Waals surface area (Å²) in [6.07, 6.45) is 7.77. The number of likely N-dealkylation sites (tertiary alicyclic amines) is 1. The van der Waals surface area contributed by atoms with Crippen LogP contribution >= 0.6 is 0 Å². The van der Waals surface area contributed by atoms with Gasteiger partial charge < -0.3 is 10.2 Å². The molecule has 1 aliphatic heterocycles. The van der Waals surface area contributed by atoms with Crippen molar-refractivity contribution in [2.75, 3.05) is 20.1 Å². The van der Waals surface area contributed by atoms with Gasteiger partial charge in [-0.15, -0.1) is 0 Å². The highest BCUT2D eigenvalue weighted by Gasteiger charge is 2.43. The maximum absolute atomic E-state index is 13.2. The van der Waals surface area contributed by atoms with Gasteiger partial charge in [-0.05, 0) is 61.3 Å². The molecule has 1 saturated heterocycles. The molecule has 0 unspecified atom stereocenters. The number of nitrogens with one attached hydrogen (secondary N) is 1. The average molecular weight is 433 g/mol. The Hall–Kier alpha value is -2.62. The van der Waals surface area contributed by atoms with Gasteiger partial charge in [-0.3, -0.25) is 9.59 Å². The monoisotopic (exact) mass is 432 g/mol. The Morgan fingerprint density at radius 1 is 0.938 bits per heavy atom. The predicted molar refractivity (Wildman–Crippen MR) is 129 cm³/mol. The molecule has 2 aromatic rings. The molecule has 0 aromatic heterocycles. The predicted octanol–water partition coefficient (Wildman–Crippen LogP) is 5.14. The van der Waals surface area contributed by atoms with Gasteiger partial charge in [0.25, 0.3) is 0 Å². The highest BCUT2D eigenvalue weighted by atomic mass is 16.2. The summed E-state index contributed by atoms with van der Waals surface area (Å²) in [5.41, 5.74) is 4.39. The zero-order chi connectivity index (χ0) is 22.6. The van der Waals surface area contributed by atoms with Gasteiger partial charge in [0.2, 0.25) is 11.8 Å². The molecule has 1 heterocycles. The largest absolute Gasteiger partial charge is 0.359 e. The molecule has 2 fully saturated rings. The Morgan fingerprint density at radius 3 is 2.22 bits per heavy atom. The van der Waals surface area contributed by atoms with E-state index < -0.39 is 5.41 Å². The van der Waals surface area contributed by atoms with E-state index in [2.05, 4.69) is 60.8 Å². The van der Waals surface area contributed by atoms with Gasteiger partial charge in [0, 0.05) is 26.1 Å². The third kappa shape index (κ3) is 4.60. The summed E-state index contributed by atoms with van der Waals surface area (Å²) >= 11 is 0. The SMILES string of the molecule is CNC(=O)C1(Cc2ccccc2-c2ccccc2C)CCN(C(=O)C2CCCCC2)CC1. The van der Waals surface area contributed by atoms with Crippen LogP contribution in [0.1, 0.15) is 56.1 Å². The van der Waals surface area contributed by atoms with Crippen LogP contribution in [0.25, 0.3) is 11.1 Å². The lowest BCUT2D eigenvalue weighted by Gasteiger charge is -2.42. The van der Waals surface area contributed by atoms with Crippen molar-refractivity contribution in [3.05, 3.63) is 59.7 Å². The first-order valence-electron chi connectivity index (χ1n) is 12.2. The molecule has 1 N–H and O–H groups in total. The minimum Gasteiger partial charge on any atom is -0.359 e. The minimum absolute atomic E-state index is 0.0989. The average Bonchev–Trinajstić information content (AvgIpc) is 2.85. The summed E-state index contributed by atoms with van der Waals surface area (Å²) in [5, 5.41) is 2.93. The second-order valence-corrected chi connectivity index (χ2v) is 9.67. The maximum Gasteiger partial charge on any atom is 0.226 e. The fraction of sp³-hybridized carbons (Fsp3) is 0.500. The fourth-order valence-corrected chi connectivity index (χ4v) is 5.69. The quantitative estimate of drug-likeness (QED) is 0.711. The Morgan fingerprint density at radius 2 is 1.56 bits per heavy atom. The molecule has 2 amide bonds. The van der Waals surface area contributed by atoms with E-state index in [1.165, 1.54) is 41.5 Å². The zero-order valence-corrected chi connectivity index (χ0v) is 19.5. The number of carbonyl (C=O) groups is 2. The van der Waals surface area contributed by atoms with E-state index >= 15 is 0 Å². The molecular formula is C28H36N2O2. The van der Waals surface area contributed by atoms with Gasteiger partial charge >= 0.3 is 0 Å². The molecule has 0 bridgehead atoms. The number of aryl methyl sites for hydroxylation is 1. The number of hydrogen-bond acceptors (Lipinski definition) is 2. The van der Waals surface area contributed by atoms with Crippen molar-refractivity contribution in [3.8, 4) is 11.1 Å². The first-order valence-corrected chi connectivity index (χ1v) is 12.2. The van der Waals surface area contributed by atoms with E-state index in [-0.39, 0.29) is 11.8 Å². The molecule has 2 aromatic carbocycles. The summed E-state index contributed by atoms with van der Waals surface area (Å²) in [6.45, 7) is 3.49. The smallest absolute Gasteiger partial charge is 0.226 e. The van der Waals surface area contributed by atoms with Crippen LogP contribution in [0.3, 0.4) is 0 Å². The van der Waals surface area contributed by atoms with Crippen LogP contribution in [0.5, 0.6) is 0 Å². The van der Waals surface area contributed by atoms with Gasteiger partial charge in [0.05, 0.1) is 5.41 Å². The maximum atomic E-state index is 13.2. The molecule has 170 valence electrons. The van der Waals surface area contributed by atoms with Crippen molar-refractivity contribution in [1.82, 2.24) is 10.2 Å². The van der Waals surface area contributed by atoms with E-state index in [1.807, 2.05) is 4.90 Å². The van der Waals surface area contributed by atoms with Crippen LogP contribution < -0.4 is 5.32 Å². The number of carbonyl (C=O) groups excluding carboxylic acids is 2. The Balaban J connectivity index is 1.55. The second kappa shape index (κ2) is 9.89. The van der Waals surface area contributed by atoms with Crippen molar-refractivity contribution >= 4 is 11.8 Å². The van der Waals surface area contributed by atoms with Crippen LogP contribution in [0, 0.1) is 18.3 Å². The molecule has 2 aliphatic rings. The first kappa shape index (κ1) is 22.6. The van der Waals surface area contributed by atoms with E-state index in [0.29, 0.717) is 38.3 Å². The third-order valence-corrected chi connectivity index (χ3v) is 7.68. The highest BCUT2D eigenvalue weighted by molar-refractivity contribution is 5.84. The summed E-state index contributed by atoms with van der Waals surface area (Å²) in [5.74, 6) is 0.607. The molecule has 4 nitrogen and oxygen atoms in total. The van der Waals surface area contributed by atoms with Gasteiger partial charge in [0.15, 0.2) is 0 Å². The van der Waals surface area contributed by atoms with Crippen molar-refractivity contribution in [1.29, 1.82) is 0 Å². The molecule has 4 heteroatoms. The third-order valence-electron chi connectivity index (χ3n) is 7.68. The number of amides is 2. The van der Waals surface area contributed by atoms with E-state index in [1.54, 1.807) is 7.05 Å². The number of hydrogen-bond donors (Lipinski definition) is 1. The normalized spacial score (nSPS) is 18.9. The van der Waals surface area contributed by atoms with Crippen LogP contribution in [0.15, 0.2) is 48.5 Å². The molecular weight excluding hydrogens is 396 g/mol. The Kier molecular flexibility index (Phi) is 6.98. The van der Waals surface area contributed by atoms with Gasteiger partial charge in [-0.1, -0.05) is 67.8 Å². The lowest BCUT2D eigenvalue weighted by molar-refractivity contribution is -0.143. The standard InChI is InChI=1S/C28H36N2O2/c1-21-10-6-8-14-24(21)25-15-9-7-13-23(25)20-28(27(32)29-2)16-18-30(19-17-28)26(31)22-11-4-3-5-12-22/h6-10,13-15,22H,3-5,11-12,16-20H2,1-2H3,(H,29,32). The molecule has 0 atom stereocenters. The lowest BCUT2D eigenvalue weighted by Crippen LogP contribution is -2.51. The lowest BCUT2D eigenvalue weighted by atomic mass is 9.71. The summed E-state index contributed by atoms with van der Waals surface area (Å²) in [6, 6.07) is 16.9. The molecule has 1 saturated carbocycles. The Bertz CT molecular complexity index is 953. The van der Waals surface area contributed by atoms with Crippen molar-refractivity contribution in [2.45, 2.75) is 58.3 Å². The fourth-order valence-electron chi connectivity index (χ4n) is 5.69. The van der Waals surface area contributed by atoms with E-state index in [9.17, 15) is 9.59 Å². The van der Waals surface area contributed by atoms with Crippen molar-refractivity contribution < 1.29 is 9.59 Å². The number of piperidine rings is 1. The minimum atomic E-state index is -0.475. The van der Waals surface area contributed by atoms with Crippen molar-refractivity contribution in [3.63, 3.8) is 0 Å². The number of nitrogens with zero attached hydrogens (tertiary/aromatic N) is 1.